The Balaban J connectivity index is 0. The second kappa shape index (κ2) is 23.2. The van der Waals surface area contributed by atoms with Crippen LogP contribution in [0.4, 0.5) is 0 Å². The summed E-state index contributed by atoms with van der Waals surface area (Å²) in [6.07, 6.45) is 9.37. The molecule has 10 nitrogen and oxygen atoms in total. The summed E-state index contributed by atoms with van der Waals surface area (Å²) in [6.45, 7) is 3.31. The average molecular weight is 390 g/mol. The highest BCUT2D eigenvalue weighted by Crippen LogP contribution is 1.75. The summed E-state index contributed by atoms with van der Waals surface area (Å²) in [6, 6.07) is 11.4. The zero-order valence-corrected chi connectivity index (χ0v) is 16.3. The van der Waals surface area contributed by atoms with Crippen molar-refractivity contribution in [3.63, 3.8) is 0 Å². The van der Waals surface area contributed by atoms with Crippen molar-refractivity contribution in [2.45, 2.75) is 13.8 Å². The second-order valence-electron chi connectivity index (χ2n) is 4.37. The molecule has 0 fully saturated rings. The number of rotatable bonds is 4. The number of pyridine rings is 2. The van der Waals surface area contributed by atoms with E-state index in [0.29, 0.717) is 11.4 Å². The van der Waals surface area contributed by atoms with Gasteiger partial charge in [-0.15, -0.1) is 0 Å². The number of nitrogens with zero attached hydrogens (tertiary/aromatic N) is 6. The van der Waals surface area contributed by atoms with Crippen LogP contribution in [0.1, 0.15) is 13.8 Å². The lowest BCUT2D eigenvalue weighted by Gasteiger charge is -1.85. The normalized spacial score (nSPS) is 10.6. The Kier molecular flexibility index (Phi) is 21.9. The van der Waals surface area contributed by atoms with Gasteiger partial charge in [0.1, 0.15) is 14.2 Å². The van der Waals surface area contributed by atoms with Gasteiger partial charge in [-0.05, 0) is 38.1 Å². The molecule has 2 rings (SSSR count). The van der Waals surface area contributed by atoms with Gasteiger partial charge in [-0.1, -0.05) is 32.8 Å². The van der Waals surface area contributed by atoms with E-state index in [1.807, 2.05) is 36.4 Å². The minimum Gasteiger partial charge on any atom is -0.411 e. The maximum Gasteiger partial charge on any atom is 0.106 e. The summed E-state index contributed by atoms with van der Waals surface area (Å²) in [5.74, 6) is 0. The van der Waals surface area contributed by atoms with E-state index in [1.165, 1.54) is 26.6 Å². The summed E-state index contributed by atoms with van der Waals surface area (Å²) in [5, 5.41) is 28.1. The van der Waals surface area contributed by atoms with E-state index >= 15 is 0 Å². The van der Waals surface area contributed by atoms with Gasteiger partial charge in [-0.25, -0.2) is 0 Å². The Hall–Kier alpha value is -3.82. The van der Waals surface area contributed by atoms with Gasteiger partial charge in [0, 0.05) is 24.8 Å². The van der Waals surface area contributed by atoms with Gasteiger partial charge in [0.25, 0.3) is 0 Å². The number of hydrogen-bond acceptors (Lipinski definition) is 10. The molecule has 10 heteroatoms. The zero-order valence-electron chi connectivity index (χ0n) is 16.3. The number of oxime groups is 4. The number of aromatic nitrogens is 2. The molecule has 0 aliphatic rings. The van der Waals surface area contributed by atoms with Crippen LogP contribution in [-0.2, 0) is 9.68 Å². The molecule has 0 atom stereocenters. The lowest BCUT2D eigenvalue weighted by Crippen LogP contribution is -1.91. The third-order valence-corrected chi connectivity index (χ3v) is 2.09. The van der Waals surface area contributed by atoms with Crippen molar-refractivity contribution in [1.29, 1.82) is 0 Å². The molecule has 2 heterocycles. The first kappa shape index (κ1) is 26.4. The zero-order chi connectivity index (χ0) is 21.3. The summed E-state index contributed by atoms with van der Waals surface area (Å²) in [7, 11) is 2.85. The molecule has 0 saturated heterocycles. The molecule has 0 amide bonds. The Labute approximate surface area is 164 Å². The Morgan fingerprint density at radius 2 is 1.00 bits per heavy atom. The molecule has 2 aromatic heterocycles. The SMILES string of the molecule is CON=C(C)C=NO.CON=C(C)C=NO.c1ccncc1.c1ccncc1. The molecule has 0 spiro atoms. The van der Waals surface area contributed by atoms with E-state index in [2.05, 4.69) is 40.3 Å². The first-order valence-electron chi connectivity index (χ1n) is 7.82. The molecular weight excluding hydrogens is 364 g/mol. The van der Waals surface area contributed by atoms with Gasteiger partial charge in [0.15, 0.2) is 0 Å². The van der Waals surface area contributed by atoms with Crippen molar-refractivity contribution in [2.75, 3.05) is 14.2 Å². The lowest BCUT2D eigenvalue weighted by atomic mass is 10.5. The van der Waals surface area contributed by atoms with Gasteiger partial charge in [-0.3, -0.25) is 9.97 Å². The highest BCUT2D eigenvalue weighted by atomic mass is 16.6. The fourth-order valence-electron chi connectivity index (χ4n) is 1.13. The maximum atomic E-state index is 7.90. The van der Waals surface area contributed by atoms with Crippen LogP contribution in [0.25, 0.3) is 0 Å². The minimum absolute atomic E-state index is 0.523. The van der Waals surface area contributed by atoms with Gasteiger partial charge in [0.2, 0.25) is 0 Å². The van der Waals surface area contributed by atoms with Crippen LogP contribution >= 0.6 is 0 Å². The first-order chi connectivity index (χ1) is 13.6. The average Bonchev–Trinajstić information content (AvgIpc) is 2.73. The van der Waals surface area contributed by atoms with E-state index in [4.69, 9.17) is 10.4 Å². The van der Waals surface area contributed by atoms with E-state index in [9.17, 15) is 0 Å². The summed E-state index contributed by atoms with van der Waals surface area (Å²) >= 11 is 0. The third kappa shape index (κ3) is 24.4. The van der Waals surface area contributed by atoms with Crippen molar-refractivity contribution in [3.05, 3.63) is 61.2 Å². The largest absolute Gasteiger partial charge is 0.411 e. The van der Waals surface area contributed by atoms with Crippen molar-refractivity contribution in [2.24, 2.45) is 20.6 Å². The molecule has 28 heavy (non-hydrogen) atoms. The van der Waals surface area contributed by atoms with E-state index in [-0.39, 0.29) is 0 Å². The summed E-state index contributed by atoms with van der Waals surface area (Å²) in [5.41, 5.74) is 1.05. The predicted molar refractivity (Wildman–Crippen MR) is 109 cm³/mol. The maximum absolute atomic E-state index is 7.90. The van der Waals surface area contributed by atoms with Crippen LogP contribution in [-0.4, -0.2) is 58.5 Å². The van der Waals surface area contributed by atoms with Gasteiger partial charge >= 0.3 is 0 Å². The standard InChI is InChI=1S/2C5H5N.2C4H8N2O2/c2*1-2-4-6-5-3-1;2*1-4(3-5-7)6-8-2/h2*1-5H;2*3,7H,1-2H3. The smallest absolute Gasteiger partial charge is 0.106 e. The molecule has 0 saturated carbocycles. The number of hydrogen-bond donors (Lipinski definition) is 2. The van der Waals surface area contributed by atoms with Crippen LogP contribution in [0.15, 0.2) is 81.8 Å². The molecule has 0 aromatic carbocycles. The van der Waals surface area contributed by atoms with Crippen molar-refractivity contribution < 1.29 is 20.1 Å². The first-order valence-corrected chi connectivity index (χ1v) is 7.82. The van der Waals surface area contributed by atoms with E-state index < -0.39 is 0 Å². The van der Waals surface area contributed by atoms with Crippen LogP contribution in [0.3, 0.4) is 0 Å². The van der Waals surface area contributed by atoms with Gasteiger partial charge < -0.3 is 20.1 Å². The molecule has 0 unspecified atom stereocenters. The summed E-state index contributed by atoms with van der Waals surface area (Å²) < 4.78 is 0. The molecular formula is C18H26N6O4. The van der Waals surface area contributed by atoms with Gasteiger partial charge in [-0.2, -0.15) is 0 Å². The molecule has 0 radical (unpaired) electrons. The quantitative estimate of drug-likeness (QED) is 0.468. The Bertz CT molecular complexity index is 551. The molecule has 0 aliphatic heterocycles. The van der Waals surface area contributed by atoms with Crippen LogP contribution in [0.2, 0.25) is 0 Å². The molecule has 2 N–H and O–H groups in total. The Morgan fingerprint density at radius 3 is 1.14 bits per heavy atom. The van der Waals surface area contributed by atoms with E-state index in [0.717, 1.165) is 0 Å². The van der Waals surface area contributed by atoms with Gasteiger partial charge in [0.05, 0.1) is 23.9 Å². The third-order valence-electron chi connectivity index (χ3n) is 2.09. The van der Waals surface area contributed by atoms with Crippen LogP contribution < -0.4 is 0 Å². The lowest BCUT2D eigenvalue weighted by molar-refractivity contribution is 0.214. The molecule has 152 valence electrons. The monoisotopic (exact) mass is 390 g/mol. The molecule has 2 aromatic rings. The minimum atomic E-state index is 0.523. The highest BCUT2D eigenvalue weighted by molar-refractivity contribution is 6.29. The second-order valence-corrected chi connectivity index (χ2v) is 4.37. The predicted octanol–water partition coefficient (Wildman–Crippen LogP) is 3.10. The fraction of sp³-hybridized carbons (Fsp3) is 0.222. The van der Waals surface area contributed by atoms with E-state index in [1.54, 1.807) is 38.6 Å². The molecule has 0 bridgehead atoms. The molecule has 0 aliphatic carbocycles. The fourth-order valence-corrected chi connectivity index (χ4v) is 1.13. The topological polar surface area (TPSA) is 134 Å². The highest BCUT2D eigenvalue weighted by Gasteiger charge is 1.80. The van der Waals surface area contributed by atoms with Crippen molar-refractivity contribution in [3.8, 4) is 0 Å². The summed E-state index contributed by atoms with van der Waals surface area (Å²) in [4.78, 5) is 16.3. The van der Waals surface area contributed by atoms with Crippen LogP contribution in [0, 0.1) is 0 Å². The van der Waals surface area contributed by atoms with Crippen molar-refractivity contribution >= 4 is 23.9 Å². The van der Waals surface area contributed by atoms with Crippen LogP contribution in [0.5, 0.6) is 0 Å². The van der Waals surface area contributed by atoms with Crippen molar-refractivity contribution in [1.82, 2.24) is 9.97 Å². The Morgan fingerprint density at radius 1 is 0.679 bits per heavy atom.